The lowest BCUT2D eigenvalue weighted by molar-refractivity contribution is 1.25. The maximum atomic E-state index is 5.38. The van der Waals surface area contributed by atoms with Crippen LogP contribution in [0.4, 0.5) is 0 Å². The molecular formula is C40H24N2S. The molecule has 0 fully saturated rings. The van der Waals surface area contributed by atoms with Gasteiger partial charge in [0.25, 0.3) is 0 Å². The first-order chi connectivity index (χ1) is 21.3. The summed E-state index contributed by atoms with van der Waals surface area (Å²) in [5.41, 5.74) is 6.62. The molecular weight excluding hydrogens is 541 g/mol. The van der Waals surface area contributed by atoms with Gasteiger partial charge in [0.1, 0.15) is 0 Å². The molecule has 9 rings (SSSR count). The number of thiophene rings is 1. The third-order valence-electron chi connectivity index (χ3n) is 8.46. The highest BCUT2D eigenvalue weighted by Crippen LogP contribution is 2.45. The van der Waals surface area contributed by atoms with Crippen molar-refractivity contribution in [2.24, 2.45) is 0 Å². The zero-order valence-electron chi connectivity index (χ0n) is 23.2. The molecule has 0 aliphatic carbocycles. The van der Waals surface area contributed by atoms with Gasteiger partial charge in [-0.3, -0.25) is 0 Å². The number of aromatic nitrogens is 2. The van der Waals surface area contributed by atoms with Crippen molar-refractivity contribution < 1.29 is 0 Å². The number of hydrogen-bond donors (Lipinski definition) is 0. The number of rotatable bonds is 3. The van der Waals surface area contributed by atoms with Crippen LogP contribution in [0, 0.1) is 0 Å². The molecule has 2 heterocycles. The molecule has 0 amide bonds. The summed E-state index contributed by atoms with van der Waals surface area (Å²) < 4.78 is 2.35. The molecule has 0 N–H and O–H groups in total. The molecule has 0 saturated heterocycles. The summed E-state index contributed by atoms with van der Waals surface area (Å²) in [6.45, 7) is 0. The molecule has 43 heavy (non-hydrogen) atoms. The van der Waals surface area contributed by atoms with Crippen molar-refractivity contribution >= 4 is 64.0 Å². The van der Waals surface area contributed by atoms with Gasteiger partial charge in [-0.2, -0.15) is 0 Å². The lowest BCUT2D eigenvalue weighted by atomic mass is 9.87. The Balaban J connectivity index is 1.42. The normalized spacial score (nSPS) is 11.7. The Morgan fingerprint density at radius 1 is 0.419 bits per heavy atom. The van der Waals surface area contributed by atoms with Crippen LogP contribution in [-0.2, 0) is 0 Å². The predicted octanol–water partition coefficient (Wildman–Crippen LogP) is 11.3. The van der Waals surface area contributed by atoms with Crippen LogP contribution >= 0.6 is 11.3 Å². The van der Waals surface area contributed by atoms with Crippen molar-refractivity contribution in [2.45, 2.75) is 0 Å². The third-order valence-corrected chi connectivity index (χ3v) is 9.63. The van der Waals surface area contributed by atoms with Gasteiger partial charge in [-0.1, -0.05) is 133 Å². The quantitative estimate of drug-likeness (QED) is 0.199. The Morgan fingerprint density at radius 2 is 1.00 bits per heavy atom. The second-order valence-electron chi connectivity index (χ2n) is 10.9. The van der Waals surface area contributed by atoms with Crippen LogP contribution in [0.15, 0.2) is 146 Å². The zero-order chi connectivity index (χ0) is 28.3. The molecule has 2 nitrogen and oxygen atoms in total. The molecule has 9 aromatic rings. The first-order valence-electron chi connectivity index (χ1n) is 14.5. The lowest BCUT2D eigenvalue weighted by Crippen LogP contribution is -1.97. The minimum atomic E-state index is 0.757. The Morgan fingerprint density at radius 3 is 1.72 bits per heavy atom. The predicted molar refractivity (Wildman–Crippen MR) is 184 cm³/mol. The average molecular weight is 565 g/mol. The molecule has 0 aliphatic rings. The Labute approximate surface area is 252 Å². The largest absolute Gasteiger partial charge is 0.226 e. The van der Waals surface area contributed by atoms with E-state index in [1.54, 1.807) is 11.3 Å². The van der Waals surface area contributed by atoms with Gasteiger partial charge in [-0.15, -0.1) is 11.3 Å². The summed E-state index contributed by atoms with van der Waals surface area (Å²) in [5, 5.41) is 8.37. The fraction of sp³-hybridized carbons (Fsp3) is 0. The Bertz CT molecular complexity index is 2450. The van der Waals surface area contributed by atoms with Crippen molar-refractivity contribution in [1.82, 2.24) is 9.97 Å². The van der Waals surface area contributed by atoms with E-state index in [9.17, 15) is 0 Å². The second kappa shape index (κ2) is 9.59. The molecule has 7 aromatic carbocycles. The molecule has 0 radical (unpaired) electrons. The highest BCUT2D eigenvalue weighted by molar-refractivity contribution is 7.26. The SMILES string of the molecule is c1ccc(-c2nc(-c3c4ccccc4c(-c4ccc5ccccc5c4)c4ccccc34)nc3c2sc2ccccc23)cc1. The van der Waals surface area contributed by atoms with E-state index in [-0.39, 0.29) is 0 Å². The summed E-state index contributed by atoms with van der Waals surface area (Å²) in [7, 11) is 0. The molecule has 0 aliphatic heterocycles. The van der Waals surface area contributed by atoms with E-state index in [4.69, 9.17) is 9.97 Å². The highest BCUT2D eigenvalue weighted by atomic mass is 32.1. The molecule has 3 heteroatoms. The van der Waals surface area contributed by atoms with Gasteiger partial charge in [0.15, 0.2) is 5.82 Å². The number of fused-ring (bicyclic) bond motifs is 6. The highest BCUT2D eigenvalue weighted by Gasteiger charge is 2.21. The number of nitrogens with zero attached hydrogens (tertiary/aromatic N) is 2. The standard InChI is InChI=1S/C40H24N2S/c1-2-13-26(14-3-1)37-39-38(33-20-10-11-21-34(33)43-39)42-40(41-37)36-31-18-8-6-16-29(31)35(30-17-7-9-19-32(30)36)28-23-22-25-12-4-5-15-27(25)24-28/h1-24H. The van der Waals surface area contributed by atoms with Crippen LogP contribution in [0.3, 0.4) is 0 Å². The summed E-state index contributed by atoms with van der Waals surface area (Å²) in [5.74, 6) is 0.757. The van der Waals surface area contributed by atoms with E-state index >= 15 is 0 Å². The van der Waals surface area contributed by atoms with E-state index in [0.717, 1.165) is 43.6 Å². The van der Waals surface area contributed by atoms with Gasteiger partial charge in [0.2, 0.25) is 0 Å². The minimum absolute atomic E-state index is 0.757. The van der Waals surface area contributed by atoms with E-state index in [1.807, 2.05) is 0 Å². The van der Waals surface area contributed by atoms with Crippen LogP contribution in [-0.4, -0.2) is 9.97 Å². The van der Waals surface area contributed by atoms with Crippen LogP contribution < -0.4 is 0 Å². The summed E-state index contributed by atoms with van der Waals surface area (Å²) in [6, 6.07) is 51.9. The molecule has 0 atom stereocenters. The van der Waals surface area contributed by atoms with Crippen molar-refractivity contribution in [3.8, 4) is 33.8 Å². The van der Waals surface area contributed by atoms with Crippen LogP contribution in [0.2, 0.25) is 0 Å². The van der Waals surface area contributed by atoms with E-state index in [1.165, 1.54) is 42.8 Å². The van der Waals surface area contributed by atoms with Crippen molar-refractivity contribution in [1.29, 1.82) is 0 Å². The van der Waals surface area contributed by atoms with Crippen LogP contribution in [0.25, 0.3) is 86.4 Å². The van der Waals surface area contributed by atoms with Gasteiger partial charge >= 0.3 is 0 Å². The van der Waals surface area contributed by atoms with Gasteiger partial charge < -0.3 is 0 Å². The van der Waals surface area contributed by atoms with E-state index < -0.39 is 0 Å². The average Bonchev–Trinajstić information content (AvgIpc) is 3.45. The first kappa shape index (κ1) is 24.2. The number of hydrogen-bond acceptors (Lipinski definition) is 3. The van der Waals surface area contributed by atoms with E-state index in [0.29, 0.717) is 0 Å². The smallest absolute Gasteiger partial charge is 0.161 e. The van der Waals surface area contributed by atoms with Gasteiger partial charge in [0, 0.05) is 21.2 Å². The van der Waals surface area contributed by atoms with Gasteiger partial charge in [0.05, 0.1) is 15.9 Å². The fourth-order valence-electron chi connectivity index (χ4n) is 6.52. The van der Waals surface area contributed by atoms with Crippen LogP contribution in [0.1, 0.15) is 0 Å². The molecule has 0 unspecified atom stereocenters. The molecule has 200 valence electrons. The summed E-state index contributed by atoms with van der Waals surface area (Å²) >= 11 is 1.77. The maximum absolute atomic E-state index is 5.38. The number of benzene rings is 7. The van der Waals surface area contributed by atoms with Crippen molar-refractivity contribution in [2.75, 3.05) is 0 Å². The minimum Gasteiger partial charge on any atom is -0.226 e. The van der Waals surface area contributed by atoms with Crippen LogP contribution in [0.5, 0.6) is 0 Å². The fourth-order valence-corrected chi connectivity index (χ4v) is 7.67. The summed E-state index contributed by atoms with van der Waals surface area (Å²) in [4.78, 5) is 10.7. The van der Waals surface area contributed by atoms with Crippen molar-refractivity contribution in [3.05, 3.63) is 146 Å². The molecule has 0 spiro atoms. The second-order valence-corrected chi connectivity index (χ2v) is 12.0. The van der Waals surface area contributed by atoms with Gasteiger partial charge in [-0.05, 0) is 55.6 Å². The summed E-state index contributed by atoms with van der Waals surface area (Å²) in [6.07, 6.45) is 0. The Kier molecular flexibility index (Phi) is 5.40. The topological polar surface area (TPSA) is 25.8 Å². The molecule has 2 aromatic heterocycles. The maximum Gasteiger partial charge on any atom is 0.161 e. The molecule has 0 saturated carbocycles. The zero-order valence-corrected chi connectivity index (χ0v) is 24.0. The monoisotopic (exact) mass is 564 g/mol. The van der Waals surface area contributed by atoms with Gasteiger partial charge in [-0.25, -0.2) is 9.97 Å². The third kappa shape index (κ3) is 3.79. The first-order valence-corrected chi connectivity index (χ1v) is 15.3. The van der Waals surface area contributed by atoms with E-state index in [2.05, 4.69) is 146 Å². The van der Waals surface area contributed by atoms with Crippen molar-refractivity contribution in [3.63, 3.8) is 0 Å². The lowest BCUT2D eigenvalue weighted by Gasteiger charge is -2.17. The Hall–Kier alpha value is -5.38. The molecule has 0 bridgehead atoms.